The third-order valence-electron chi connectivity index (χ3n) is 5.21. The van der Waals surface area contributed by atoms with Crippen molar-refractivity contribution in [3.63, 3.8) is 0 Å². The molecule has 0 fully saturated rings. The Kier molecular flexibility index (Phi) is 6.22. The van der Waals surface area contributed by atoms with Crippen LogP contribution in [-0.4, -0.2) is 35.8 Å². The number of ether oxygens (including phenoxy) is 1. The Morgan fingerprint density at radius 3 is 2.42 bits per heavy atom. The molecule has 0 unspecified atom stereocenters. The summed E-state index contributed by atoms with van der Waals surface area (Å²) in [7, 11) is 3.16. The molecule has 0 spiro atoms. The van der Waals surface area contributed by atoms with E-state index < -0.39 is 0 Å². The number of carbonyl (C=O) groups is 2. The molecule has 4 aromatic rings. The molecule has 1 aromatic heterocycles. The molecule has 0 bridgehead atoms. The first-order valence-electron chi connectivity index (χ1n) is 10.4. The molecule has 2 N–H and O–H groups in total. The fourth-order valence-electron chi connectivity index (χ4n) is 3.43. The Hall–Kier alpha value is -4.39. The van der Waals surface area contributed by atoms with Gasteiger partial charge in [-0.2, -0.15) is 5.10 Å². The number of benzene rings is 3. The van der Waals surface area contributed by atoms with Gasteiger partial charge in [-0.1, -0.05) is 35.9 Å². The number of nitrogens with zero attached hydrogens (tertiary/aromatic N) is 2. The summed E-state index contributed by atoms with van der Waals surface area (Å²) in [5.41, 5.74) is 4.62. The Labute approximate surface area is 192 Å². The Balaban J connectivity index is 1.74. The first-order chi connectivity index (χ1) is 16.0. The fourth-order valence-corrected chi connectivity index (χ4v) is 3.43. The second kappa shape index (κ2) is 9.40. The Morgan fingerprint density at radius 2 is 1.70 bits per heavy atom. The summed E-state index contributed by atoms with van der Waals surface area (Å²) in [6.45, 7) is 2.01. The van der Waals surface area contributed by atoms with Gasteiger partial charge in [0.25, 0.3) is 11.8 Å². The van der Waals surface area contributed by atoms with Crippen molar-refractivity contribution in [2.75, 3.05) is 19.5 Å². The Morgan fingerprint density at radius 1 is 0.939 bits per heavy atom. The zero-order valence-electron chi connectivity index (χ0n) is 18.6. The zero-order chi connectivity index (χ0) is 23.4. The summed E-state index contributed by atoms with van der Waals surface area (Å²) in [6.07, 6.45) is 1.71. The molecule has 33 heavy (non-hydrogen) atoms. The van der Waals surface area contributed by atoms with Crippen molar-refractivity contribution >= 4 is 17.5 Å². The summed E-state index contributed by atoms with van der Waals surface area (Å²) in [5, 5.41) is 10.2. The number of aryl methyl sites for hydroxylation is 1. The maximum Gasteiger partial charge on any atom is 0.259 e. The molecule has 1 heterocycles. The number of anilines is 1. The van der Waals surface area contributed by atoms with Gasteiger partial charge >= 0.3 is 0 Å². The second-order valence-electron chi connectivity index (χ2n) is 7.52. The van der Waals surface area contributed by atoms with E-state index in [-0.39, 0.29) is 11.8 Å². The van der Waals surface area contributed by atoms with E-state index in [0.29, 0.717) is 28.3 Å². The van der Waals surface area contributed by atoms with E-state index in [4.69, 9.17) is 9.84 Å². The summed E-state index contributed by atoms with van der Waals surface area (Å²) >= 11 is 0. The average molecular weight is 441 g/mol. The number of hydrogen-bond acceptors (Lipinski definition) is 4. The van der Waals surface area contributed by atoms with Crippen LogP contribution >= 0.6 is 0 Å². The van der Waals surface area contributed by atoms with Gasteiger partial charge in [0.15, 0.2) is 0 Å². The summed E-state index contributed by atoms with van der Waals surface area (Å²) < 4.78 is 7.03. The smallest absolute Gasteiger partial charge is 0.259 e. The van der Waals surface area contributed by atoms with E-state index in [1.54, 1.807) is 49.3 Å². The van der Waals surface area contributed by atoms with E-state index >= 15 is 0 Å². The van der Waals surface area contributed by atoms with Crippen LogP contribution in [0.5, 0.6) is 5.75 Å². The first kappa shape index (κ1) is 21.8. The van der Waals surface area contributed by atoms with Gasteiger partial charge in [0, 0.05) is 30.1 Å². The van der Waals surface area contributed by atoms with Crippen molar-refractivity contribution in [1.82, 2.24) is 15.1 Å². The molecule has 0 saturated heterocycles. The van der Waals surface area contributed by atoms with Crippen LogP contribution in [0, 0.1) is 6.92 Å². The normalized spacial score (nSPS) is 10.5. The lowest BCUT2D eigenvalue weighted by molar-refractivity contribution is 0.0961. The van der Waals surface area contributed by atoms with Gasteiger partial charge in [-0.3, -0.25) is 9.59 Å². The van der Waals surface area contributed by atoms with Gasteiger partial charge in [0.1, 0.15) is 11.4 Å². The standard InChI is InChI=1S/C26H24N4O3/c1-17-10-12-21(13-11-17)30-16-23(24(29-30)18-6-5-9-22(15-18)33-3)26(32)28-20-8-4-7-19(14-20)25(31)27-2/h4-16H,1-3H3,(H,27,31)(H,28,32). The van der Waals surface area contributed by atoms with Crippen LogP contribution in [0.4, 0.5) is 5.69 Å². The molecule has 7 heteroatoms. The van der Waals surface area contributed by atoms with Crippen LogP contribution in [0.1, 0.15) is 26.3 Å². The highest BCUT2D eigenvalue weighted by atomic mass is 16.5. The van der Waals surface area contributed by atoms with Crippen molar-refractivity contribution in [3.8, 4) is 22.7 Å². The van der Waals surface area contributed by atoms with Crippen molar-refractivity contribution < 1.29 is 14.3 Å². The molecule has 0 saturated carbocycles. The highest BCUT2D eigenvalue weighted by Crippen LogP contribution is 2.28. The lowest BCUT2D eigenvalue weighted by atomic mass is 10.1. The average Bonchev–Trinajstić information content (AvgIpc) is 3.30. The van der Waals surface area contributed by atoms with Crippen LogP contribution in [-0.2, 0) is 0 Å². The Bertz CT molecular complexity index is 1310. The molecule has 3 aromatic carbocycles. The number of methoxy groups -OCH3 is 1. The van der Waals surface area contributed by atoms with Crippen LogP contribution < -0.4 is 15.4 Å². The highest BCUT2D eigenvalue weighted by molar-refractivity contribution is 6.08. The van der Waals surface area contributed by atoms with Gasteiger partial charge < -0.3 is 15.4 Å². The van der Waals surface area contributed by atoms with E-state index in [9.17, 15) is 9.59 Å². The number of amides is 2. The maximum absolute atomic E-state index is 13.3. The third kappa shape index (κ3) is 4.77. The molecule has 4 rings (SSSR count). The van der Waals surface area contributed by atoms with Crippen LogP contribution in [0.15, 0.2) is 79.0 Å². The van der Waals surface area contributed by atoms with Gasteiger partial charge in [-0.25, -0.2) is 4.68 Å². The van der Waals surface area contributed by atoms with Gasteiger partial charge in [0.05, 0.1) is 18.4 Å². The molecule has 0 aliphatic rings. The molecular formula is C26H24N4O3. The monoisotopic (exact) mass is 440 g/mol. The molecular weight excluding hydrogens is 416 g/mol. The molecule has 7 nitrogen and oxygen atoms in total. The molecule has 166 valence electrons. The summed E-state index contributed by atoms with van der Waals surface area (Å²) in [5.74, 6) is 0.109. The third-order valence-corrected chi connectivity index (χ3v) is 5.21. The summed E-state index contributed by atoms with van der Waals surface area (Å²) in [4.78, 5) is 25.3. The fraction of sp³-hybridized carbons (Fsp3) is 0.115. The minimum absolute atomic E-state index is 0.227. The van der Waals surface area contributed by atoms with Crippen molar-refractivity contribution in [1.29, 1.82) is 0 Å². The topological polar surface area (TPSA) is 85.3 Å². The van der Waals surface area contributed by atoms with Crippen LogP contribution in [0.3, 0.4) is 0 Å². The lowest BCUT2D eigenvalue weighted by Crippen LogP contribution is -2.18. The number of rotatable bonds is 6. The lowest BCUT2D eigenvalue weighted by Gasteiger charge is -2.08. The quantitative estimate of drug-likeness (QED) is 0.463. The van der Waals surface area contributed by atoms with E-state index in [0.717, 1.165) is 16.8 Å². The SMILES string of the molecule is CNC(=O)c1cccc(NC(=O)c2cn(-c3ccc(C)cc3)nc2-c2cccc(OC)c2)c1. The first-order valence-corrected chi connectivity index (χ1v) is 10.4. The number of hydrogen-bond donors (Lipinski definition) is 2. The molecule has 0 aliphatic heterocycles. The largest absolute Gasteiger partial charge is 0.497 e. The van der Waals surface area contributed by atoms with Gasteiger partial charge in [-0.05, 0) is 49.4 Å². The van der Waals surface area contributed by atoms with E-state index in [1.807, 2.05) is 55.5 Å². The molecule has 0 atom stereocenters. The van der Waals surface area contributed by atoms with E-state index in [2.05, 4.69) is 10.6 Å². The van der Waals surface area contributed by atoms with Crippen molar-refractivity contribution in [2.24, 2.45) is 0 Å². The number of carbonyl (C=O) groups excluding carboxylic acids is 2. The highest BCUT2D eigenvalue weighted by Gasteiger charge is 2.20. The summed E-state index contributed by atoms with van der Waals surface area (Å²) in [6, 6.07) is 22.1. The predicted octanol–water partition coefficient (Wildman–Crippen LogP) is 4.47. The van der Waals surface area contributed by atoms with Crippen LogP contribution in [0.2, 0.25) is 0 Å². The van der Waals surface area contributed by atoms with Crippen molar-refractivity contribution in [2.45, 2.75) is 6.92 Å². The number of aromatic nitrogens is 2. The predicted molar refractivity (Wildman–Crippen MR) is 128 cm³/mol. The minimum Gasteiger partial charge on any atom is -0.497 e. The van der Waals surface area contributed by atoms with E-state index in [1.165, 1.54) is 0 Å². The number of nitrogens with one attached hydrogen (secondary N) is 2. The second-order valence-corrected chi connectivity index (χ2v) is 7.52. The van der Waals surface area contributed by atoms with Gasteiger partial charge in [-0.15, -0.1) is 0 Å². The molecule has 2 amide bonds. The van der Waals surface area contributed by atoms with Crippen molar-refractivity contribution in [3.05, 3.63) is 95.7 Å². The van der Waals surface area contributed by atoms with Crippen LogP contribution in [0.25, 0.3) is 16.9 Å². The minimum atomic E-state index is -0.333. The molecule has 0 radical (unpaired) electrons. The van der Waals surface area contributed by atoms with Gasteiger partial charge in [0.2, 0.25) is 0 Å². The zero-order valence-corrected chi connectivity index (χ0v) is 18.6. The molecule has 0 aliphatic carbocycles. The maximum atomic E-state index is 13.3.